The maximum Gasteiger partial charge on any atom is 0.255 e. The van der Waals surface area contributed by atoms with Crippen molar-refractivity contribution in [1.82, 2.24) is 4.98 Å². The third kappa shape index (κ3) is 4.13. The molecule has 0 spiro atoms. The quantitative estimate of drug-likeness (QED) is 0.708. The minimum Gasteiger partial charge on any atom is -0.322 e. The smallest absolute Gasteiger partial charge is 0.255 e. The summed E-state index contributed by atoms with van der Waals surface area (Å²) in [5, 5.41) is 2.94. The molecule has 3 aromatic rings. The van der Waals surface area contributed by atoms with Crippen molar-refractivity contribution in [3.8, 4) is 11.3 Å². The van der Waals surface area contributed by atoms with Crippen LogP contribution < -0.4 is 5.32 Å². The first-order valence-corrected chi connectivity index (χ1v) is 8.37. The molecule has 0 fully saturated rings. The first-order chi connectivity index (χ1) is 11.9. The number of rotatable bonds is 3. The van der Waals surface area contributed by atoms with Crippen LogP contribution in [0.15, 0.2) is 72.9 Å². The Kier molecular flexibility index (Phi) is 4.66. The van der Waals surface area contributed by atoms with Crippen LogP contribution in [0.2, 0.25) is 0 Å². The summed E-state index contributed by atoms with van der Waals surface area (Å²) < 4.78 is 0. The number of carbonyl (C=O) groups is 1. The number of carbonyl (C=O) groups excluding carboxylic acids is 1. The van der Waals surface area contributed by atoms with E-state index in [0.717, 1.165) is 16.9 Å². The molecule has 0 bridgehead atoms. The summed E-state index contributed by atoms with van der Waals surface area (Å²) in [6.07, 6.45) is 1.76. The summed E-state index contributed by atoms with van der Waals surface area (Å²) in [7, 11) is 0. The van der Waals surface area contributed by atoms with Crippen molar-refractivity contribution in [1.29, 1.82) is 0 Å². The van der Waals surface area contributed by atoms with Crippen molar-refractivity contribution in [3.63, 3.8) is 0 Å². The van der Waals surface area contributed by atoms with Gasteiger partial charge >= 0.3 is 0 Å². The highest BCUT2D eigenvalue weighted by molar-refractivity contribution is 6.04. The fourth-order valence-corrected chi connectivity index (χ4v) is 2.58. The van der Waals surface area contributed by atoms with E-state index in [1.54, 1.807) is 6.20 Å². The molecule has 0 saturated carbocycles. The largest absolute Gasteiger partial charge is 0.322 e. The number of amides is 1. The lowest BCUT2D eigenvalue weighted by Gasteiger charge is -2.19. The molecule has 3 heteroatoms. The van der Waals surface area contributed by atoms with E-state index in [1.807, 2.05) is 54.6 Å². The minimum atomic E-state index is -0.115. The summed E-state index contributed by atoms with van der Waals surface area (Å²) in [4.78, 5) is 16.7. The molecule has 1 aromatic heterocycles. The molecule has 0 aliphatic heterocycles. The van der Waals surface area contributed by atoms with Crippen LogP contribution in [-0.2, 0) is 5.41 Å². The van der Waals surface area contributed by atoms with E-state index >= 15 is 0 Å². The van der Waals surface area contributed by atoms with Crippen molar-refractivity contribution in [2.45, 2.75) is 26.2 Å². The highest BCUT2D eigenvalue weighted by atomic mass is 16.1. The molecule has 0 aliphatic rings. The second-order valence-corrected chi connectivity index (χ2v) is 7.07. The maximum absolute atomic E-state index is 12.4. The van der Waals surface area contributed by atoms with Crippen LogP contribution in [0.25, 0.3) is 11.3 Å². The minimum absolute atomic E-state index is 0.101. The summed E-state index contributed by atoms with van der Waals surface area (Å²) >= 11 is 0. The van der Waals surface area contributed by atoms with Gasteiger partial charge in [-0.25, -0.2) is 0 Å². The Balaban J connectivity index is 1.71. The zero-order valence-corrected chi connectivity index (χ0v) is 14.8. The number of nitrogens with one attached hydrogen (secondary N) is 1. The zero-order valence-electron chi connectivity index (χ0n) is 14.8. The fraction of sp³-hybridized carbons (Fsp3) is 0.182. The van der Waals surface area contributed by atoms with Crippen LogP contribution in [0.1, 0.15) is 36.7 Å². The van der Waals surface area contributed by atoms with Gasteiger partial charge in [0.05, 0.1) is 5.69 Å². The van der Waals surface area contributed by atoms with Crippen LogP contribution >= 0.6 is 0 Å². The van der Waals surface area contributed by atoms with E-state index in [4.69, 9.17) is 0 Å². The van der Waals surface area contributed by atoms with Gasteiger partial charge in [0.25, 0.3) is 5.91 Å². The number of aromatic nitrogens is 1. The lowest BCUT2D eigenvalue weighted by molar-refractivity contribution is 0.102. The van der Waals surface area contributed by atoms with Crippen LogP contribution in [-0.4, -0.2) is 10.9 Å². The molecule has 126 valence electrons. The van der Waals surface area contributed by atoms with Gasteiger partial charge in [0.15, 0.2) is 0 Å². The number of anilines is 1. The molecule has 1 N–H and O–H groups in total. The Morgan fingerprint density at radius 1 is 0.880 bits per heavy atom. The van der Waals surface area contributed by atoms with Crippen LogP contribution in [0.5, 0.6) is 0 Å². The second-order valence-electron chi connectivity index (χ2n) is 7.07. The highest BCUT2D eigenvalue weighted by Crippen LogP contribution is 2.24. The summed E-state index contributed by atoms with van der Waals surface area (Å²) in [6.45, 7) is 6.51. The molecule has 3 rings (SSSR count). The van der Waals surface area contributed by atoms with Gasteiger partial charge in [-0.05, 0) is 47.4 Å². The molecule has 0 unspecified atom stereocenters. The molecule has 1 amide bonds. The van der Waals surface area contributed by atoms with Gasteiger partial charge in [-0.2, -0.15) is 0 Å². The van der Waals surface area contributed by atoms with Gasteiger partial charge < -0.3 is 5.32 Å². The molecule has 0 aliphatic carbocycles. The van der Waals surface area contributed by atoms with Gasteiger partial charge in [-0.15, -0.1) is 0 Å². The van der Waals surface area contributed by atoms with E-state index in [9.17, 15) is 4.79 Å². The average Bonchev–Trinajstić information content (AvgIpc) is 2.62. The SMILES string of the molecule is CC(C)(C)c1ccc(NC(=O)c2ccc(-c3ccccn3)cc2)cc1. The molecule has 1 heterocycles. The van der Waals surface area contributed by atoms with E-state index in [-0.39, 0.29) is 11.3 Å². The number of hydrogen-bond donors (Lipinski definition) is 1. The second kappa shape index (κ2) is 6.89. The Labute approximate surface area is 148 Å². The average molecular weight is 330 g/mol. The molecule has 2 aromatic carbocycles. The number of nitrogens with zero attached hydrogens (tertiary/aromatic N) is 1. The van der Waals surface area contributed by atoms with Crippen molar-refractivity contribution < 1.29 is 4.79 Å². The molecule has 3 nitrogen and oxygen atoms in total. The number of hydrogen-bond acceptors (Lipinski definition) is 2. The molecule has 0 saturated heterocycles. The summed E-state index contributed by atoms with van der Waals surface area (Å²) in [5.41, 5.74) is 4.65. The number of benzene rings is 2. The first kappa shape index (κ1) is 16.9. The van der Waals surface area contributed by atoms with Gasteiger partial charge in [0.1, 0.15) is 0 Å². The third-order valence-corrected chi connectivity index (χ3v) is 4.12. The normalized spacial score (nSPS) is 11.2. The van der Waals surface area contributed by atoms with Gasteiger partial charge in [-0.3, -0.25) is 9.78 Å². The Hall–Kier alpha value is -2.94. The standard InChI is InChI=1S/C22H22N2O/c1-22(2,3)18-11-13-19(14-12-18)24-21(25)17-9-7-16(8-10-17)20-6-4-5-15-23-20/h4-15H,1-3H3,(H,24,25). The van der Waals surface area contributed by atoms with Crippen molar-refractivity contribution in [2.75, 3.05) is 5.32 Å². The van der Waals surface area contributed by atoms with Crippen molar-refractivity contribution in [2.24, 2.45) is 0 Å². The fourth-order valence-electron chi connectivity index (χ4n) is 2.58. The predicted molar refractivity (Wildman–Crippen MR) is 103 cm³/mol. The van der Waals surface area contributed by atoms with E-state index in [2.05, 4.69) is 43.2 Å². The summed E-state index contributed by atoms with van der Waals surface area (Å²) in [5.74, 6) is -0.115. The Morgan fingerprint density at radius 2 is 1.56 bits per heavy atom. The molecular formula is C22H22N2O. The Morgan fingerprint density at radius 3 is 2.12 bits per heavy atom. The lowest BCUT2D eigenvalue weighted by Crippen LogP contribution is -2.13. The van der Waals surface area contributed by atoms with Gasteiger partial charge in [0.2, 0.25) is 0 Å². The third-order valence-electron chi connectivity index (χ3n) is 4.12. The van der Waals surface area contributed by atoms with E-state index in [1.165, 1.54) is 5.56 Å². The predicted octanol–water partition coefficient (Wildman–Crippen LogP) is 5.30. The monoisotopic (exact) mass is 330 g/mol. The highest BCUT2D eigenvalue weighted by Gasteiger charge is 2.13. The Bertz CT molecular complexity index is 845. The maximum atomic E-state index is 12.4. The molecular weight excluding hydrogens is 308 g/mol. The number of pyridine rings is 1. The zero-order chi connectivity index (χ0) is 17.9. The van der Waals surface area contributed by atoms with E-state index in [0.29, 0.717) is 5.56 Å². The molecule has 0 atom stereocenters. The van der Waals surface area contributed by atoms with Crippen LogP contribution in [0.3, 0.4) is 0 Å². The molecule has 0 radical (unpaired) electrons. The van der Waals surface area contributed by atoms with Crippen molar-refractivity contribution >= 4 is 11.6 Å². The van der Waals surface area contributed by atoms with Gasteiger partial charge in [0, 0.05) is 23.0 Å². The summed E-state index contributed by atoms with van der Waals surface area (Å²) in [6, 6.07) is 21.3. The molecule has 25 heavy (non-hydrogen) atoms. The first-order valence-electron chi connectivity index (χ1n) is 8.37. The van der Waals surface area contributed by atoms with Crippen molar-refractivity contribution in [3.05, 3.63) is 84.1 Å². The van der Waals surface area contributed by atoms with Crippen LogP contribution in [0, 0.1) is 0 Å². The topological polar surface area (TPSA) is 42.0 Å². The lowest BCUT2D eigenvalue weighted by atomic mass is 9.87. The van der Waals surface area contributed by atoms with E-state index < -0.39 is 0 Å². The van der Waals surface area contributed by atoms with Gasteiger partial charge in [-0.1, -0.05) is 51.1 Å². The van der Waals surface area contributed by atoms with Crippen LogP contribution in [0.4, 0.5) is 5.69 Å².